The molecule has 1 aromatic carbocycles. The fourth-order valence-electron chi connectivity index (χ4n) is 3.26. The normalized spacial score (nSPS) is 18.8. The molecule has 2 atom stereocenters. The van der Waals surface area contributed by atoms with Crippen molar-refractivity contribution in [3.8, 4) is 17.0 Å². The summed E-state index contributed by atoms with van der Waals surface area (Å²) in [5.74, 6) is 1.15. The molecule has 0 aliphatic carbocycles. The van der Waals surface area contributed by atoms with E-state index in [-0.39, 0.29) is 18.0 Å². The van der Waals surface area contributed by atoms with Gasteiger partial charge in [0, 0.05) is 18.8 Å². The van der Waals surface area contributed by atoms with Crippen LogP contribution < -0.4 is 20.9 Å². The van der Waals surface area contributed by atoms with Gasteiger partial charge in [-0.15, -0.1) is 0 Å². The maximum atomic E-state index is 12.7. The second kappa shape index (κ2) is 7.79. The van der Waals surface area contributed by atoms with Crippen molar-refractivity contribution in [2.24, 2.45) is 7.05 Å². The maximum Gasteiger partial charge on any atom is 0.245 e. The van der Waals surface area contributed by atoms with E-state index >= 15 is 0 Å². The third kappa shape index (κ3) is 3.60. The number of hydrazine groups is 1. The van der Waals surface area contributed by atoms with Crippen molar-refractivity contribution in [3.05, 3.63) is 60.6 Å². The predicted octanol–water partition coefficient (Wildman–Crippen LogP) is 2.04. The van der Waals surface area contributed by atoms with Crippen LogP contribution in [0.4, 0.5) is 5.95 Å². The molecule has 0 saturated carbocycles. The molecule has 3 N–H and O–H groups in total. The number of benzene rings is 1. The number of amides is 1. The Balaban J connectivity index is 1.43. The second-order valence-electron chi connectivity index (χ2n) is 6.63. The molecule has 1 fully saturated rings. The predicted molar refractivity (Wildman–Crippen MR) is 105 cm³/mol. The highest BCUT2D eigenvalue weighted by Crippen LogP contribution is 2.25. The Kier molecular flexibility index (Phi) is 5.05. The molecule has 3 heterocycles. The summed E-state index contributed by atoms with van der Waals surface area (Å²) in [5, 5.41) is 2.90. The van der Waals surface area contributed by atoms with Gasteiger partial charge in [0.05, 0.1) is 30.7 Å². The van der Waals surface area contributed by atoms with Crippen molar-refractivity contribution in [2.45, 2.75) is 18.5 Å². The van der Waals surface area contributed by atoms with Gasteiger partial charge in [0.25, 0.3) is 0 Å². The zero-order valence-electron chi connectivity index (χ0n) is 15.7. The van der Waals surface area contributed by atoms with Crippen molar-refractivity contribution in [1.29, 1.82) is 0 Å². The van der Waals surface area contributed by atoms with E-state index < -0.39 is 0 Å². The smallest absolute Gasteiger partial charge is 0.245 e. The summed E-state index contributed by atoms with van der Waals surface area (Å²) in [6.45, 7) is 0. The van der Waals surface area contributed by atoms with Gasteiger partial charge in [-0.1, -0.05) is 6.07 Å². The summed E-state index contributed by atoms with van der Waals surface area (Å²) < 4.78 is 7.05. The maximum absolute atomic E-state index is 12.7. The van der Waals surface area contributed by atoms with Gasteiger partial charge in [-0.2, -0.15) is 0 Å². The third-order valence-corrected chi connectivity index (χ3v) is 4.87. The number of carbonyl (C=O) groups is 1. The van der Waals surface area contributed by atoms with Crippen LogP contribution in [0.5, 0.6) is 5.75 Å². The summed E-state index contributed by atoms with van der Waals surface area (Å²) in [4.78, 5) is 21.4. The molecule has 1 aliphatic heterocycles. The Labute approximate surface area is 162 Å². The van der Waals surface area contributed by atoms with Crippen LogP contribution in [0.3, 0.4) is 0 Å². The monoisotopic (exact) mass is 378 g/mol. The standard InChI is InChI=1S/C20H22N6O2/c1-26-18(13-6-8-14(28-2)9-7-13)12-22-20(26)23-19(27)17-11-16(24-25-17)15-5-3-4-10-21-15/h3-10,12,16-17,24-25H,11H2,1-2H3,(H,22,23,27). The Bertz CT molecular complexity index is 955. The van der Waals surface area contributed by atoms with Crippen molar-refractivity contribution >= 4 is 11.9 Å². The largest absolute Gasteiger partial charge is 0.497 e. The van der Waals surface area contributed by atoms with E-state index in [0.29, 0.717) is 12.4 Å². The Hall–Kier alpha value is -3.23. The first-order chi connectivity index (χ1) is 13.7. The number of hydrogen-bond donors (Lipinski definition) is 3. The summed E-state index contributed by atoms with van der Waals surface area (Å²) in [6.07, 6.45) is 4.10. The van der Waals surface area contributed by atoms with Crippen LogP contribution in [-0.4, -0.2) is 33.6 Å². The Morgan fingerprint density at radius 2 is 2.00 bits per heavy atom. The number of carbonyl (C=O) groups excluding carboxylic acids is 1. The molecule has 144 valence electrons. The van der Waals surface area contributed by atoms with Gasteiger partial charge >= 0.3 is 0 Å². The molecule has 28 heavy (non-hydrogen) atoms. The molecule has 3 aromatic rings. The molecule has 8 heteroatoms. The van der Waals surface area contributed by atoms with Crippen LogP contribution in [0.25, 0.3) is 11.3 Å². The fourth-order valence-corrected chi connectivity index (χ4v) is 3.26. The average molecular weight is 378 g/mol. The highest BCUT2D eigenvalue weighted by atomic mass is 16.5. The minimum atomic E-state index is -0.367. The molecule has 1 saturated heterocycles. The Morgan fingerprint density at radius 3 is 2.71 bits per heavy atom. The van der Waals surface area contributed by atoms with E-state index in [4.69, 9.17) is 4.74 Å². The molecule has 2 unspecified atom stereocenters. The number of aromatic nitrogens is 3. The van der Waals surface area contributed by atoms with Gasteiger partial charge in [-0.05, 0) is 42.8 Å². The summed E-state index contributed by atoms with van der Waals surface area (Å²) in [6, 6.07) is 13.1. The molecule has 4 rings (SSSR count). The molecule has 0 bridgehead atoms. The molecular formula is C20H22N6O2. The Morgan fingerprint density at radius 1 is 1.18 bits per heavy atom. The van der Waals surface area contributed by atoms with Crippen molar-refractivity contribution in [2.75, 3.05) is 12.4 Å². The number of rotatable bonds is 5. The number of pyridine rings is 1. The van der Waals surface area contributed by atoms with Crippen LogP contribution in [0.2, 0.25) is 0 Å². The van der Waals surface area contributed by atoms with Crippen molar-refractivity contribution in [3.63, 3.8) is 0 Å². The van der Waals surface area contributed by atoms with Gasteiger partial charge in [-0.3, -0.25) is 15.1 Å². The van der Waals surface area contributed by atoms with Crippen LogP contribution in [0.1, 0.15) is 18.2 Å². The number of anilines is 1. The van der Waals surface area contributed by atoms with Crippen molar-refractivity contribution in [1.82, 2.24) is 25.4 Å². The highest BCUT2D eigenvalue weighted by molar-refractivity contribution is 5.94. The quantitative estimate of drug-likeness (QED) is 0.629. The van der Waals surface area contributed by atoms with Crippen LogP contribution in [-0.2, 0) is 11.8 Å². The third-order valence-electron chi connectivity index (χ3n) is 4.87. The number of hydrogen-bond acceptors (Lipinski definition) is 6. The highest BCUT2D eigenvalue weighted by Gasteiger charge is 2.31. The first-order valence-corrected chi connectivity index (χ1v) is 9.04. The van der Waals surface area contributed by atoms with Crippen LogP contribution in [0, 0.1) is 0 Å². The first kappa shape index (κ1) is 18.1. The number of ether oxygens (including phenoxy) is 1. The lowest BCUT2D eigenvalue weighted by molar-refractivity contribution is -0.118. The first-order valence-electron chi connectivity index (χ1n) is 9.04. The average Bonchev–Trinajstić information content (AvgIpc) is 3.37. The zero-order valence-corrected chi connectivity index (χ0v) is 15.7. The SMILES string of the molecule is COc1ccc(-c2cnc(NC(=O)C3CC(c4ccccn4)NN3)n2C)cc1. The van der Waals surface area contributed by atoms with Gasteiger partial charge in [0.2, 0.25) is 11.9 Å². The molecule has 8 nitrogen and oxygen atoms in total. The van der Waals surface area contributed by atoms with Gasteiger partial charge in [0.15, 0.2) is 0 Å². The van der Waals surface area contributed by atoms with Gasteiger partial charge in [-0.25, -0.2) is 15.8 Å². The minimum absolute atomic E-state index is 0.00631. The number of methoxy groups -OCH3 is 1. The molecule has 2 aromatic heterocycles. The lowest BCUT2D eigenvalue weighted by Crippen LogP contribution is -2.40. The topological polar surface area (TPSA) is 93.1 Å². The molecule has 1 amide bonds. The van der Waals surface area contributed by atoms with Gasteiger partial charge in [0.1, 0.15) is 11.8 Å². The summed E-state index contributed by atoms with van der Waals surface area (Å²) in [5.41, 5.74) is 8.98. The number of imidazole rings is 1. The second-order valence-corrected chi connectivity index (χ2v) is 6.63. The van der Waals surface area contributed by atoms with E-state index in [0.717, 1.165) is 22.7 Å². The molecular weight excluding hydrogens is 356 g/mol. The number of nitrogens with one attached hydrogen (secondary N) is 3. The van der Waals surface area contributed by atoms with E-state index in [1.54, 1.807) is 19.5 Å². The van der Waals surface area contributed by atoms with E-state index in [1.165, 1.54) is 0 Å². The van der Waals surface area contributed by atoms with Gasteiger partial charge < -0.3 is 9.30 Å². The lowest BCUT2D eigenvalue weighted by atomic mass is 10.1. The van der Waals surface area contributed by atoms with E-state index in [9.17, 15) is 4.79 Å². The minimum Gasteiger partial charge on any atom is -0.497 e. The summed E-state index contributed by atoms with van der Waals surface area (Å²) >= 11 is 0. The molecule has 0 radical (unpaired) electrons. The zero-order chi connectivity index (χ0) is 19.5. The van der Waals surface area contributed by atoms with E-state index in [2.05, 4.69) is 26.1 Å². The van der Waals surface area contributed by atoms with Crippen LogP contribution in [0.15, 0.2) is 54.9 Å². The van der Waals surface area contributed by atoms with Crippen molar-refractivity contribution < 1.29 is 9.53 Å². The fraction of sp³-hybridized carbons (Fsp3) is 0.250. The summed E-state index contributed by atoms with van der Waals surface area (Å²) in [7, 11) is 3.51. The molecule has 0 spiro atoms. The molecule has 1 aliphatic rings. The lowest BCUT2D eigenvalue weighted by Gasteiger charge is -2.11. The number of nitrogens with zero attached hydrogens (tertiary/aromatic N) is 3. The van der Waals surface area contributed by atoms with E-state index in [1.807, 2.05) is 54.1 Å². The van der Waals surface area contributed by atoms with Crippen LogP contribution >= 0.6 is 0 Å².